The number of ketones is 3. The summed E-state index contributed by atoms with van der Waals surface area (Å²) in [6.45, 7) is 3.83. The summed E-state index contributed by atoms with van der Waals surface area (Å²) in [5, 5.41) is 19.5. The van der Waals surface area contributed by atoms with Crippen molar-refractivity contribution in [2.24, 2.45) is 0 Å². The summed E-state index contributed by atoms with van der Waals surface area (Å²) in [4.78, 5) is 44.9. The molecule has 7 nitrogen and oxygen atoms in total. The highest BCUT2D eigenvalue weighted by molar-refractivity contribution is 6.44. The van der Waals surface area contributed by atoms with Gasteiger partial charge >= 0.3 is 5.97 Å². The standard InChI is InChI=1S/C11H16O7/c1-5(12)9(16)11(17,7(3)14)10(6(2)13)18-8(4)15/h6,10,13,17H,1-4H3/t6-,10-,11+/m1/s1. The Morgan fingerprint density at radius 2 is 1.56 bits per heavy atom. The first-order valence-electron chi connectivity index (χ1n) is 5.19. The van der Waals surface area contributed by atoms with Gasteiger partial charge in [0, 0.05) is 13.8 Å². The van der Waals surface area contributed by atoms with Crippen molar-refractivity contribution >= 4 is 23.3 Å². The van der Waals surface area contributed by atoms with Crippen LogP contribution in [0.1, 0.15) is 27.7 Å². The van der Waals surface area contributed by atoms with Crippen LogP contribution in [0, 0.1) is 0 Å². The monoisotopic (exact) mass is 260 g/mol. The largest absolute Gasteiger partial charge is 0.456 e. The number of esters is 1. The Bertz CT molecular complexity index is 385. The summed E-state index contributed by atoms with van der Waals surface area (Å²) in [5.41, 5.74) is -2.87. The molecule has 0 rings (SSSR count). The second kappa shape index (κ2) is 5.83. The molecule has 0 aliphatic rings. The lowest BCUT2D eigenvalue weighted by atomic mass is 9.83. The van der Waals surface area contributed by atoms with Crippen molar-refractivity contribution in [2.75, 3.05) is 0 Å². The van der Waals surface area contributed by atoms with Crippen LogP contribution in [0.3, 0.4) is 0 Å². The summed E-state index contributed by atoms with van der Waals surface area (Å²) in [6.07, 6.45) is -3.34. The molecule has 3 atom stereocenters. The van der Waals surface area contributed by atoms with Gasteiger partial charge in [-0.3, -0.25) is 19.2 Å². The Hall–Kier alpha value is -1.60. The minimum atomic E-state index is -2.87. The molecule has 0 aromatic rings. The summed E-state index contributed by atoms with van der Waals surface area (Å²) in [6, 6.07) is 0. The second-order valence-corrected chi connectivity index (χ2v) is 3.98. The molecule has 0 unspecified atom stereocenters. The minimum absolute atomic E-state index is 0.861. The summed E-state index contributed by atoms with van der Waals surface area (Å²) < 4.78 is 4.58. The van der Waals surface area contributed by atoms with E-state index in [9.17, 15) is 29.4 Å². The fourth-order valence-corrected chi connectivity index (χ4v) is 1.47. The predicted octanol–water partition coefficient (Wildman–Crippen LogP) is -1.22. The first-order valence-corrected chi connectivity index (χ1v) is 5.19. The SMILES string of the molecule is CC(=O)O[C@H]([C@@H](C)O)[C@](O)(C(C)=O)C(=O)C(C)=O. The predicted molar refractivity (Wildman–Crippen MR) is 58.6 cm³/mol. The normalized spacial score (nSPS) is 17.2. The number of carbonyl (C=O) groups excluding carboxylic acids is 4. The van der Waals surface area contributed by atoms with Gasteiger partial charge in [-0.25, -0.2) is 0 Å². The van der Waals surface area contributed by atoms with Gasteiger partial charge in [0.15, 0.2) is 17.7 Å². The Morgan fingerprint density at radius 3 is 1.78 bits per heavy atom. The fraction of sp³-hybridized carbons (Fsp3) is 0.636. The number of Topliss-reactive ketones (excluding diaryl/α,β-unsaturated/α-hetero) is 3. The van der Waals surface area contributed by atoms with Crippen LogP contribution in [0.2, 0.25) is 0 Å². The zero-order valence-corrected chi connectivity index (χ0v) is 10.6. The van der Waals surface area contributed by atoms with Crippen LogP contribution in [0.25, 0.3) is 0 Å². The number of hydrogen-bond acceptors (Lipinski definition) is 7. The van der Waals surface area contributed by atoms with Gasteiger partial charge in [-0.1, -0.05) is 0 Å². The average Bonchev–Trinajstić information content (AvgIpc) is 2.22. The van der Waals surface area contributed by atoms with E-state index < -0.39 is 41.1 Å². The fourth-order valence-electron chi connectivity index (χ4n) is 1.47. The van der Waals surface area contributed by atoms with Crippen LogP contribution in [0.5, 0.6) is 0 Å². The molecule has 102 valence electrons. The van der Waals surface area contributed by atoms with E-state index in [2.05, 4.69) is 4.74 Å². The van der Waals surface area contributed by atoms with Crippen LogP contribution in [-0.4, -0.2) is 51.3 Å². The highest BCUT2D eigenvalue weighted by Crippen LogP contribution is 2.21. The van der Waals surface area contributed by atoms with Crippen molar-refractivity contribution in [3.8, 4) is 0 Å². The lowest BCUT2D eigenvalue weighted by molar-refractivity contribution is -0.186. The average molecular weight is 260 g/mol. The summed E-state index contributed by atoms with van der Waals surface area (Å²) >= 11 is 0. The van der Waals surface area contributed by atoms with Crippen LogP contribution in [0.15, 0.2) is 0 Å². The lowest BCUT2D eigenvalue weighted by Crippen LogP contribution is -2.61. The second-order valence-electron chi connectivity index (χ2n) is 3.98. The molecule has 0 aliphatic heterocycles. The quantitative estimate of drug-likeness (QED) is 0.349. The molecule has 0 saturated carbocycles. The zero-order chi connectivity index (χ0) is 14.7. The molecule has 18 heavy (non-hydrogen) atoms. The van der Waals surface area contributed by atoms with E-state index >= 15 is 0 Å². The number of carbonyl (C=O) groups is 4. The molecule has 0 aromatic heterocycles. The van der Waals surface area contributed by atoms with Gasteiger partial charge in [0.1, 0.15) is 0 Å². The van der Waals surface area contributed by atoms with E-state index in [1.807, 2.05) is 0 Å². The highest BCUT2D eigenvalue weighted by Gasteiger charge is 2.53. The van der Waals surface area contributed by atoms with Crippen molar-refractivity contribution in [1.82, 2.24) is 0 Å². The number of ether oxygens (including phenoxy) is 1. The number of aliphatic hydroxyl groups is 2. The van der Waals surface area contributed by atoms with Crippen molar-refractivity contribution in [3.05, 3.63) is 0 Å². The maximum Gasteiger partial charge on any atom is 0.303 e. The van der Waals surface area contributed by atoms with Crippen LogP contribution >= 0.6 is 0 Å². The van der Waals surface area contributed by atoms with E-state index in [-0.39, 0.29) is 0 Å². The Balaban J connectivity index is 5.67. The van der Waals surface area contributed by atoms with E-state index in [0.717, 1.165) is 27.7 Å². The van der Waals surface area contributed by atoms with Crippen molar-refractivity contribution in [2.45, 2.75) is 45.5 Å². The van der Waals surface area contributed by atoms with Crippen LogP contribution in [0.4, 0.5) is 0 Å². The third-order valence-corrected chi connectivity index (χ3v) is 2.35. The minimum Gasteiger partial charge on any atom is -0.456 e. The first-order chi connectivity index (χ1) is 8.05. The van der Waals surface area contributed by atoms with Gasteiger partial charge in [-0.15, -0.1) is 0 Å². The molecular formula is C11H16O7. The molecule has 0 saturated heterocycles. The third kappa shape index (κ3) is 3.21. The van der Waals surface area contributed by atoms with Gasteiger partial charge in [-0.05, 0) is 13.8 Å². The number of rotatable bonds is 6. The zero-order valence-electron chi connectivity index (χ0n) is 10.6. The molecule has 0 bridgehead atoms. The van der Waals surface area contributed by atoms with Crippen LogP contribution in [-0.2, 0) is 23.9 Å². The number of hydrogen-bond donors (Lipinski definition) is 2. The molecular weight excluding hydrogens is 244 g/mol. The molecule has 0 spiro atoms. The highest BCUT2D eigenvalue weighted by atomic mass is 16.6. The number of aliphatic hydroxyl groups excluding tert-OH is 1. The van der Waals surface area contributed by atoms with Crippen molar-refractivity contribution in [1.29, 1.82) is 0 Å². The van der Waals surface area contributed by atoms with Gasteiger partial charge in [0.2, 0.25) is 11.4 Å². The Labute approximate surface area is 104 Å². The molecule has 7 heteroatoms. The van der Waals surface area contributed by atoms with Crippen molar-refractivity contribution < 1.29 is 34.1 Å². The Morgan fingerprint density at radius 1 is 1.11 bits per heavy atom. The van der Waals surface area contributed by atoms with Gasteiger partial charge in [0.05, 0.1) is 6.10 Å². The summed E-state index contributed by atoms with van der Waals surface area (Å²) in [7, 11) is 0. The Kier molecular flexibility index (Phi) is 5.31. The van der Waals surface area contributed by atoms with E-state index in [1.165, 1.54) is 0 Å². The van der Waals surface area contributed by atoms with E-state index in [4.69, 9.17) is 0 Å². The maximum absolute atomic E-state index is 11.6. The summed E-state index contributed by atoms with van der Waals surface area (Å²) in [5.74, 6) is -4.50. The molecule has 0 aromatic carbocycles. The molecule has 0 amide bonds. The van der Waals surface area contributed by atoms with E-state index in [0.29, 0.717) is 0 Å². The molecule has 0 fully saturated rings. The lowest BCUT2D eigenvalue weighted by Gasteiger charge is -2.32. The van der Waals surface area contributed by atoms with Gasteiger partial charge in [-0.2, -0.15) is 0 Å². The smallest absolute Gasteiger partial charge is 0.303 e. The molecule has 2 N–H and O–H groups in total. The third-order valence-electron chi connectivity index (χ3n) is 2.35. The maximum atomic E-state index is 11.6. The van der Waals surface area contributed by atoms with E-state index in [1.54, 1.807) is 0 Å². The molecule has 0 radical (unpaired) electrons. The first kappa shape index (κ1) is 16.4. The van der Waals surface area contributed by atoms with Gasteiger partial charge in [0.25, 0.3) is 0 Å². The molecule has 0 aliphatic carbocycles. The topological polar surface area (TPSA) is 118 Å². The van der Waals surface area contributed by atoms with Crippen LogP contribution < -0.4 is 0 Å². The van der Waals surface area contributed by atoms with Crippen molar-refractivity contribution in [3.63, 3.8) is 0 Å². The van der Waals surface area contributed by atoms with Gasteiger partial charge < -0.3 is 14.9 Å². The molecule has 0 heterocycles.